The van der Waals surface area contributed by atoms with Crippen molar-refractivity contribution in [2.45, 2.75) is 19.8 Å². The van der Waals surface area contributed by atoms with Crippen LogP contribution in [0.5, 0.6) is 0 Å². The summed E-state index contributed by atoms with van der Waals surface area (Å²) in [7, 11) is 0.347. The van der Waals surface area contributed by atoms with Gasteiger partial charge in [0.05, 0.1) is 13.2 Å². The monoisotopic (exact) mass is 341 g/mol. The highest BCUT2D eigenvalue weighted by atomic mass is 127. The summed E-state index contributed by atoms with van der Waals surface area (Å²) in [6, 6.07) is 0. The van der Waals surface area contributed by atoms with Crippen LogP contribution in [0.2, 0.25) is 0 Å². The van der Waals surface area contributed by atoms with Crippen molar-refractivity contribution in [3.8, 4) is 0 Å². The van der Waals surface area contributed by atoms with Crippen molar-refractivity contribution in [3.05, 3.63) is 0 Å². The van der Waals surface area contributed by atoms with E-state index >= 15 is 0 Å². The van der Waals surface area contributed by atoms with Crippen LogP contribution in [0.3, 0.4) is 0 Å². The summed E-state index contributed by atoms with van der Waals surface area (Å²) < 4.78 is 1.42. The Morgan fingerprint density at radius 1 is 1.20 bits per heavy atom. The van der Waals surface area contributed by atoms with E-state index in [-0.39, 0.29) is 24.0 Å². The highest BCUT2D eigenvalue weighted by Gasteiger charge is 2.48. The first-order valence-corrected chi connectivity index (χ1v) is 7.72. The van der Waals surface area contributed by atoms with E-state index in [9.17, 15) is 0 Å². The molecule has 0 amide bonds. The van der Waals surface area contributed by atoms with E-state index < -0.39 is 0 Å². The second-order valence-corrected chi connectivity index (χ2v) is 7.47. The first-order valence-electron chi connectivity index (χ1n) is 5.82. The second-order valence-electron chi connectivity index (χ2n) is 5.28. The number of quaternary nitrogens is 1. The third-order valence-corrected chi connectivity index (χ3v) is 6.29. The molecule has 4 aliphatic rings. The van der Waals surface area contributed by atoms with Gasteiger partial charge in [0.25, 0.3) is 0 Å². The number of hydrogen-bond donors (Lipinski definition) is 0. The Balaban J connectivity index is 0.000000853. The fraction of sp³-hybridized carbons (Fsp3) is 1.00. The number of nitrogens with zero attached hydrogens (tertiary/aromatic N) is 3. The smallest absolute Gasteiger partial charge is 0.137 e. The van der Waals surface area contributed by atoms with E-state index in [1.165, 1.54) is 62.7 Å². The number of halogens is 1. The topological polar surface area (TPSA) is 6.48 Å². The molecule has 4 fully saturated rings. The summed E-state index contributed by atoms with van der Waals surface area (Å²) in [6.07, 6.45) is 7.20. The summed E-state index contributed by atoms with van der Waals surface area (Å²) in [5, 5.41) is 0. The van der Waals surface area contributed by atoms with Crippen molar-refractivity contribution in [2.24, 2.45) is 0 Å². The molecule has 5 heteroatoms. The lowest BCUT2D eigenvalue weighted by molar-refractivity contribution is -0.948. The Labute approximate surface area is 111 Å². The van der Waals surface area contributed by atoms with Crippen molar-refractivity contribution < 1.29 is 28.5 Å². The molecule has 0 spiro atoms. The third kappa shape index (κ3) is 2.34. The predicted octanol–water partition coefficient (Wildman–Crippen LogP) is -1.52. The largest absolute Gasteiger partial charge is 1.00 e. The molecule has 2 atom stereocenters. The molecule has 4 aliphatic heterocycles. The van der Waals surface area contributed by atoms with Gasteiger partial charge in [-0.05, 0) is 14.3 Å². The normalized spacial score (nSPS) is 46.6. The molecule has 0 aromatic rings. The minimum Gasteiger partial charge on any atom is -1.00 e. The molecule has 0 aromatic heterocycles. The quantitative estimate of drug-likeness (QED) is 0.350. The molecule has 0 aliphatic carbocycles. The minimum atomic E-state index is 0. The highest BCUT2D eigenvalue weighted by Crippen LogP contribution is 2.50. The van der Waals surface area contributed by atoms with Crippen LogP contribution >= 0.6 is 7.92 Å². The summed E-state index contributed by atoms with van der Waals surface area (Å²) in [6.45, 7) is 7.73. The van der Waals surface area contributed by atoms with Gasteiger partial charge in [-0.3, -0.25) is 4.48 Å². The highest BCUT2D eigenvalue weighted by molar-refractivity contribution is 7.57. The van der Waals surface area contributed by atoms with E-state index in [1.54, 1.807) is 0 Å². The molecule has 4 rings (SSSR count). The van der Waals surface area contributed by atoms with Gasteiger partial charge in [0, 0.05) is 12.6 Å². The zero-order chi connectivity index (χ0) is 9.60. The van der Waals surface area contributed by atoms with Gasteiger partial charge in [0.2, 0.25) is 0 Å². The van der Waals surface area contributed by atoms with Crippen LogP contribution in [0.25, 0.3) is 0 Å². The summed E-state index contributed by atoms with van der Waals surface area (Å²) >= 11 is 0. The van der Waals surface area contributed by atoms with Crippen LogP contribution in [0.15, 0.2) is 0 Å². The first kappa shape index (κ1) is 12.5. The summed E-state index contributed by atoms with van der Waals surface area (Å²) in [5.41, 5.74) is 0. The van der Waals surface area contributed by atoms with Gasteiger partial charge in [0.15, 0.2) is 0 Å². The Morgan fingerprint density at radius 2 is 1.87 bits per heavy atom. The van der Waals surface area contributed by atoms with Gasteiger partial charge in [-0.15, -0.1) is 0 Å². The summed E-state index contributed by atoms with van der Waals surface area (Å²) in [4.78, 5) is 5.38. The zero-order valence-electron chi connectivity index (χ0n) is 9.53. The van der Waals surface area contributed by atoms with Gasteiger partial charge in [-0.25, -0.2) is 9.80 Å². The van der Waals surface area contributed by atoms with Gasteiger partial charge >= 0.3 is 0 Å². The lowest BCUT2D eigenvalue weighted by Gasteiger charge is -2.60. The maximum Gasteiger partial charge on any atom is 0.137 e. The van der Waals surface area contributed by atoms with E-state index in [1.807, 2.05) is 0 Å². The molecule has 4 saturated heterocycles. The molecule has 0 radical (unpaired) electrons. The second kappa shape index (κ2) is 4.73. The van der Waals surface area contributed by atoms with E-state index in [0.717, 1.165) is 0 Å². The standard InChI is InChI=1S/C10H21N3P.HI/c1-2-3-4-13-6-11-5-12(7-13)9-14(8-11)10-13;/h2-10H2,1H3;1H/q+1;/p-1. The van der Waals surface area contributed by atoms with Gasteiger partial charge in [-0.2, -0.15) is 0 Å². The van der Waals surface area contributed by atoms with Crippen LogP contribution in [-0.2, 0) is 0 Å². The van der Waals surface area contributed by atoms with Crippen molar-refractivity contribution in [1.82, 2.24) is 9.80 Å². The molecule has 15 heavy (non-hydrogen) atoms. The van der Waals surface area contributed by atoms with Crippen LogP contribution < -0.4 is 24.0 Å². The van der Waals surface area contributed by atoms with Crippen molar-refractivity contribution in [2.75, 3.05) is 45.4 Å². The minimum absolute atomic E-state index is 0. The van der Waals surface area contributed by atoms with Crippen molar-refractivity contribution in [1.29, 1.82) is 0 Å². The SMILES string of the molecule is CCCC[N+]12CN3CN(CP(C3)C1)C2.[I-]. The van der Waals surface area contributed by atoms with E-state index in [4.69, 9.17) is 0 Å². The number of rotatable bonds is 3. The first-order chi connectivity index (χ1) is 6.80. The Kier molecular flexibility index (Phi) is 3.94. The molecule has 3 nitrogen and oxygen atoms in total. The Morgan fingerprint density at radius 3 is 2.40 bits per heavy atom. The maximum absolute atomic E-state index is 2.69. The lowest BCUT2D eigenvalue weighted by atomic mass is 10.3. The average molecular weight is 341 g/mol. The maximum atomic E-state index is 2.69. The Hall–Kier alpha value is 1.04. The molecule has 0 aromatic carbocycles. The van der Waals surface area contributed by atoms with Gasteiger partial charge in [-0.1, -0.05) is 13.3 Å². The molecular formula is C10H21IN3P. The molecule has 4 bridgehead atoms. The lowest BCUT2D eigenvalue weighted by Crippen LogP contribution is -3.00. The van der Waals surface area contributed by atoms with Crippen molar-refractivity contribution >= 4 is 7.92 Å². The fourth-order valence-electron chi connectivity index (χ4n) is 3.36. The molecule has 2 unspecified atom stereocenters. The molecular weight excluding hydrogens is 320 g/mol. The van der Waals surface area contributed by atoms with Gasteiger partial charge < -0.3 is 24.0 Å². The third-order valence-electron chi connectivity index (χ3n) is 3.69. The average Bonchev–Trinajstić information content (AvgIpc) is 2.12. The molecule has 4 heterocycles. The predicted molar refractivity (Wildman–Crippen MR) is 59.8 cm³/mol. The van der Waals surface area contributed by atoms with E-state index in [2.05, 4.69) is 16.7 Å². The van der Waals surface area contributed by atoms with Gasteiger partial charge in [0.1, 0.15) is 19.6 Å². The number of unbranched alkanes of at least 4 members (excludes halogenated alkanes) is 1. The zero-order valence-corrected chi connectivity index (χ0v) is 12.6. The van der Waals surface area contributed by atoms with Crippen LogP contribution in [0.1, 0.15) is 19.8 Å². The van der Waals surface area contributed by atoms with Crippen LogP contribution in [-0.4, -0.2) is 59.7 Å². The Bertz CT molecular complexity index is 201. The van der Waals surface area contributed by atoms with Crippen LogP contribution in [0.4, 0.5) is 0 Å². The molecule has 88 valence electrons. The molecule has 0 saturated carbocycles. The van der Waals surface area contributed by atoms with E-state index in [0.29, 0.717) is 7.92 Å². The number of hydrogen-bond acceptors (Lipinski definition) is 2. The fourth-order valence-corrected chi connectivity index (χ4v) is 6.29. The van der Waals surface area contributed by atoms with Crippen molar-refractivity contribution in [3.63, 3.8) is 0 Å². The summed E-state index contributed by atoms with van der Waals surface area (Å²) in [5.74, 6) is 0. The van der Waals surface area contributed by atoms with Crippen LogP contribution in [0, 0.1) is 0 Å². The molecule has 0 N–H and O–H groups in total.